The molecular formula is C17H20F3NO4. The molecule has 0 saturated heterocycles. The van der Waals surface area contributed by atoms with Crippen molar-refractivity contribution in [2.24, 2.45) is 5.92 Å². The summed E-state index contributed by atoms with van der Waals surface area (Å²) in [5.74, 6) is -1.12. The molecule has 0 spiro atoms. The van der Waals surface area contributed by atoms with E-state index in [1.807, 2.05) is 0 Å². The van der Waals surface area contributed by atoms with E-state index >= 15 is 0 Å². The molecule has 1 aliphatic rings. The number of carbonyl (C=O) groups is 2. The zero-order valence-electron chi connectivity index (χ0n) is 13.7. The summed E-state index contributed by atoms with van der Waals surface area (Å²) in [7, 11) is 1.31. The molecule has 1 amide bonds. The maximum absolute atomic E-state index is 12.5. The van der Waals surface area contributed by atoms with Gasteiger partial charge in [0.15, 0.2) is 0 Å². The Hall–Kier alpha value is -2.09. The van der Waals surface area contributed by atoms with E-state index in [2.05, 4.69) is 10.1 Å². The predicted molar refractivity (Wildman–Crippen MR) is 82.7 cm³/mol. The molecular weight excluding hydrogens is 339 g/mol. The van der Waals surface area contributed by atoms with Crippen LogP contribution in [0.15, 0.2) is 24.3 Å². The third kappa shape index (κ3) is 4.94. The zero-order chi connectivity index (χ0) is 18.7. The quantitative estimate of drug-likeness (QED) is 0.810. The Morgan fingerprint density at radius 3 is 2.28 bits per heavy atom. The van der Waals surface area contributed by atoms with Crippen molar-refractivity contribution in [3.63, 3.8) is 0 Å². The lowest BCUT2D eigenvalue weighted by Crippen LogP contribution is -2.46. The Morgan fingerprint density at radius 2 is 1.80 bits per heavy atom. The monoisotopic (exact) mass is 359 g/mol. The van der Waals surface area contributed by atoms with Crippen molar-refractivity contribution in [3.05, 3.63) is 35.4 Å². The highest BCUT2D eigenvalue weighted by Crippen LogP contribution is 2.32. The maximum Gasteiger partial charge on any atom is 0.416 e. The third-order valence-corrected chi connectivity index (χ3v) is 4.50. The minimum atomic E-state index is -4.46. The van der Waals surface area contributed by atoms with Crippen molar-refractivity contribution in [2.75, 3.05) is 13.7 Å². The number of carbonyl (C=O) groups excluding carboxylic acids is 2. The lowest BCUT2D eigenvalue weighted by molar-refractivity contribution is -0.148. The first-order chi connectivity index (χ1) is 11.6. The second-order valence-corrected chi connectivity index (χ2v) is 6.28. The summed E-state index contributed by atoms with van der Waals surface area (Å²) in [4.78, 5) is 23.5. The average Bonchev–Trinajstić information content (AvgIpc) is 2.59. The van der Waals surface area contributed by atoms with E-state index in [0.717, 1.165) is 24.3 Å². The minimum Gasteiger partial charge on any atom is -0.469 e. The van der Waals surface area contributed by atoms with Gasteiger partial charge in [-0.1, -0.05) is 0 Å². The molecule has 0 atom stereocenters. The molecule has 0 heterocycles. The van der Waals surface area contributed by atoms with Gasteiger partial charge in [0.05, 0.1) is 24.2 Å². The Kier molecular flexibility index (Phi) is 5.72. The van der Waals surface area contributed by atoms with Crippen molar-refractivity contribution >= 4 is 11.9 Å². The van der Waals surface area contributed by atoms with E-state index < -0.39 is 23.2 Å². The molecule has 0 unspecified atom stereocenters. The van der Waals surface area contributed by atoms with Crippen LogP contribution in [0.25, 0.3) is 0 Å². The number of amides is 1. The molecule has 1 aromatic rings. The number of alkyl halides is 3. The van der Waals surface area contributed by atoms with Crippen LogP contribution < -0.4 is 5.32 Å². The van der Waals surface area contributed by atoms with Gasteiger partial charge in [-0.25, -0.2) is 0 Å². The minimum absolute atomic E-state index is 0.0270. The number of nitrogens with one attached hydrogen (secondary N) is 1. The van der Waals surface area contributed by atoms with Crippen LogP contribution in [0.4, 0.5) is 13.2 Å². The first kappa shape index (κ1) is 19.2. The van der Waals surface area contributed by atoms with Gasteiger partial charge in [-0.2, -0.15) is 13.2 Å². The highest BCUT2D eigenvalue weighted by atomic mass is 19.4. The molecule has 1 fully saturated rings. The first-order valence-electron chi connectivity index (χ1n) is 7.90. The molecule has 5 nitrogen and oxygen atoms in total. The van der Waals surface area contributed by atoms with Crippen LogP contribution in [-0.4, -0.2) is 36.2 Å². The fourth-order valence-corrected chi connectivity index (χ4v) is 2.89. The molecule has 1 aliphatic carbocycles. The first-order valence-corrected chi connectivity index (χ1v) is 7.90. The number of halogens is 3. The lowest BCUT2D eigenvalue weighted by atomic mass is 9.78. The fourth-order valence-electron chi connectivity index (χ4n) is 2.89. The van der Waals surface area contributed by atoms with Gasteiger partial charge in [0, 0.05) is 12.1 Å². The Morgan fingerprint density at radius 1 is 1.24 bits per heavy atom. The number of methoxy groups -OCH3 is 1. The summed E-state index contributed by atoms with van der Waals surface area (Å²) in [5.41, 5.74) is -1.88. The highest BCUT2D eigenvalue weighted by molar-refractivity contribution is 5.94. The van der Waals surface area contributed by atoms with Gasteiger partial charge in [-0.3, -0.25) is 9.59 Å². The summed E-state index contributed by atoms with van der Waals surface area (Å²) < 4.78 is 42.2. The average molecular weight is 359 g/mol. The summed E-state index contributed by atoms with van der Waals surface area (Å²) in [5, 5.41) is 13.0. The van der Waals surface area contributed by atoms with Crippen molar-refractivity contribution in [1.29, 1.82) is 0 Å². The van der Waals surface area contributed by atoms with Crippen LogP contribution in [0.5, 0.6) is 0 Å². The van der Waals surface area contributed by atoms with Crippen molar-refractivity contribution in [1.82, 2.24) is 5.32 Å². The van der Waals surface area contributed by atoms with Crippen LogP contribution in [0.2, 0.25) is 0 Å². The molecule has 0 aliphatic heterocycles. The predicted octanol–water partition coefficient (Wildman–Crippen LogP) is 2.53. The molecule has 1 aromatic carbocycles. The van der Waals surface area contributed by atoms with E-state index in [4.69, 9.17) is 0 Å². The summed E-state index contributed by atoms with van der Waals surface area (Å²) in [6.45, 7) is -0.0270. The Balaban J connectivity index is 1.88. The van der Waals surface area contributed by atoms with Crippen LogP contribution in [0.3, 0.4) is 0 Å². The van der Waals surface area contributed by atoms with E-state index in [0.29, 0.717) is 25.7 Å². The normalized spacial score (nSPS) is 23.8. The number of rotatable bonds is 4. The van der Waals surface area contributed by atoms with Gasteiger partial charge in [-0.05, 0) is 49.9 Å². The SMILES string of the molecule is COC(=O)C1CCC(O)(CNC(=O)c2ccc(C(F)(F)F)cc2)CC1. The molecule has 0 aromatic heterocycles. The van der Waals surface area contributed by atoms with E-state index in [1.54, 1.807) is 0 Å². The number of ether oxygens (including phenoxy) is 1. The molecule has 0 radical (unpaired) electrons. The highest BCUT2D eigenvalue weighted by Gasteiger charge is 2.36. The van der Waals surface area contributed by atoms with Crippen molar-refractivity contribution < 1.29 is 32.6 Å². The topological polar surface area (TPSA) is 75.6 Å². The molecule has 25 heavy (non-hydrogen) atoms. The van der Waals surface area contributed by atoms with Gasteiger partial charge < -0.3 is 15.2 Å². The standard InChI is InChI=1S/C17H20F3NO4/c1-25-15(23)12-6-8-16(24,9-7-12)10-21-14(22)11-2-4-13(5-3-11)17(18,19)20/h2-5,12,24H,6-10H2,1H3,(H,21,22). The lowest BCUT2D eigenvalue weighted by Gasteiger charge is -2.35. The van der Waals surface area contributed by atoms with Gasteiger partial charge in [-0.15, -0.1) is 0 Å². The molecule has 8 heteroatoms. The fraction of sp³-hybridized carbons (Fsp3) is 0.529. The van der Waals surface area contributed by atoms with Crippen molar-refractivity contribution in [3.8, 4) is 0 Å². The van der Waals surface area contributed by atoms with Crippen LogP contribution in [0, 0.1) is 5.92 Å². The smallest absolute Gasteiger partial charge is 0.416 e. The molecule has 138 valence electrons. The van der Waals surface area contributed by atoms with Gasteiger partial charge in [0.25, 0.3) is 5.91 Å². The van der Waals surface area contributed by atoms with E-state index in [9.17, 15) is 27.9 Å². The summed E-state index contributed by atoms with van der Waals surface area (Å²) in [6.07, 6.45) is -2.87. The second kappa shape index (κ2) is 7.43. The van der Waals surface area contributed by atoms with E-state index in [1.165, 1.54) is 7.11 Å². The zero-order valence-corrected chi connectivity index (χ0v) is 13.7. The number of hydrogen-bond acceptors (Lipinski definition) is 4. The molecule has 2 rings (SSSR count). The number of aliphatic hydroxyl groups is 1. The number of benzene rings is 1. The molecule has 1 saturated carbocycles. The Labute approximate surface area is 143 Å². The number of hydrogen-bond donors (Lipinski definition) is 2. The summed E-state index contributed by atoms with van der Waals surface area (Å²) in [6, 6.07) is 3.86. The van der Waals surface area contributed by atoms with Crippen LogP contribution >= 0.6 is 0 Å². The second-order valence-electron chi connectivity index (χ2n) is 6.28. The maximum atomic E-state index is 12.5. The third-order valence-electron chi connectivity index (χ3n) is 4.50. The van der Waals surface area contributed by atoms with Gasteiger partial charge in [0.1, 0.15) is 0 Å². The van der Waals surface area contributed by atoms with Crippen LogP contribution in [0.1, 0.15) is 41.6 Å². The summed E-state index contributed by atoms with van der Waals surface area (Å²) >= 11 is 0. The van der Waals surface area contributed by atoms with Crippen molar-refractivity contribution in [2.45, 2.75) is 37.5 Å². The molecule has 0 bridgehead atoms. The molecule has 2 N–H and O–H groups in total. The van der Waals surface area contributed by atoms with Gasteiger partial charge in [0.2, 0.25) is 0 Å². The van der Waals surface area contributed by atoms with E-state index in [-0.39, 0.29) is 24.0 Å². The Bertz CT molecular complexity index is 620. The van der Waals surface area contributed by atoms with Gasteiger partial charge >= 0.3 is 12.1 Å². The largest absolute Gasteiger partial charge is 0.469 e. The van der Waals surface area contributed by atoms with Crippen LogP contribution in [-0.2, 0) is 15.7 Å². The number of esters is 1.